The summed E-state index contributed by atoms with van der Waals surface area (Å²) in [7, 11) is 0. The highest BCUT2D eigenvalue weighted by atomic mass is 32.1. The van der Waals surface area contributed by atoms with E-state index in [4.69, 9.17) is 5.11 Å². The molecule has 0 atom stereocenters. The molecule has 0 saturated heterocycles. The van der Waals surface area contributed by atoms with Gasteiger partial charge in [0.05, 0.1) is 11.3 Å². The summed E-state index contributed by atoms with van der Waals surface area (Å²) in [6.45, 7) is 1.46. The fourth-order valence-corrected chi connectivity index (χ4v) is 2.98. The Labute approximate surface area is 148 Å². The number of amides is 1. The third kappa shape index (κ3) is 4.21. The molecular formula is C18H15N3O3S. The van der Waals surface area contributed by atoms with Gasteiger partial charge in [-0.25, -0.2) is 9.78 Å². The maximum absolute atomic E-state index is 11.0. The summed E-state index contributed by atoms with van der Waals surface area (Å²) in [5, 5.41) is 17.5. The van der Waals surface area contributed by atoms with E-state index < -0.39 is 5.97 Å². The lowest BCUT2D eigenvalue weighted by Crippen LogP contribution is -2.05. The summed E-state index contributed by atoms with van der Waals surface area (Å²) >= 11 is 1.43. The molecule has 0 aliphatic heterocycles. The number of carboxylic acid groups (broad SMARTS) is 1. The van der Waals surface area contributed by atoms with Crippen LogP contribution in [0.3, 0.4) is 0 Å². The van der Waals surface area contributed by atoms with Gasteiger partial charge in [0.1, 0.15) is 0 Å². The van der Waals surface area contributed by atoms with Gasteiger partial charge < -0.3 is 15.7 Å². The molecule has 0 unspecified atom stereocenters. The zero-order valence-electron chi connectivity index (χ0n) is 13.3. The average Bonchev–Trinajstić information content (AvgIpc) is 3.03. The van der Waals surface area contributed by atoms with Crippen LogP contribution in [0.15, 0.2) is 53.9 Å². The van der Waals surface area contributed by atoms with Crippen molar-refractivity contribution in [2.45, 2.75) is 6.92 Å². The second kappa shape index (κ2) is 7.14. The second-order valence-electron chi connectivity index (χ2n) is 5.31. The number of carbonyl (C=O) groups is 2. The Balaban J connectivity index is 1.75. The smallest absolute Gasteiger partial charge is 0.335 e. The summed E-state index contributed by atoms with van der Waals surface area (Å²) in [6.07, 6.45) is 0. The van der Waals surface area contributed by atoms with Crippen LogP contribution in [0.5, 0.6) is 0 Å². The molecule has 3 N–H and O–H groups in total. The first-order chi connectivity index (χ1) is 12.0. The molecule has 0 radical (unpaired) electrons. The van der Waals surface area contributed by atoms with E-state index in [0.29, 0.717) is 10.8 Å². The van der Waals surface area contributed by atoms with Gasteiger partial charge in [0.25, 0.3) is 0 Å². The maximum Gasteiger partial charge on any atom is 0.335 e. The van der Waals surface area contributed by atoms with Crippen molar-refractivity contribution in [3.63, 3.8) is 0 Å². The predicted molar refractivity (Wildman–Crippen MR) is 98.5 cm³/mol. The first-order valence-electron chi connectivity index (χ1n) is 7.45. The van der Waals surface area contributed by atoms with Crippen molar-refractivity contribution >= 4 is 39.7 Å². The summed E-state index contributed by atoms with van der Waals surface area (Å²) in [5.41, 5.74) is 3.35. The lowest BCUT2D eigenvalue weighted by atomic mass is 10.1. The molecular weight excluding hydrogens is 338 g/mol. The van der Waals surface area contributed by atoms with E-state index in [1.807, 2.05) is 29.6 Å². The highest BCUT2D eigenvalue weighted by Crippen LogP contribution is 2.28. The Hall–Kier alpha value is -3.19. The molecule has 25 heavy (non-hydrogen) atoms. The highest BCUT2D eigenvalue weighted by Gasteiger charge is 2.07. The molecule has 2 aromatic carbocycles. The number of carboxylic acids is 1. The van der Waals surface area contributed by atoms with Crippen LogP contribution in [0.4, 0.5) is 16.5 Å². The number of nitrogens with one attached hydrogen (secondary N) is 2. The topological polar surface area (TPSA) is 91.3 Å². The number of hydrogen-bond acceptors (Lipinski definition) is 5. The molecule has 0 saturated carbocycles. The number of rotatable bonds is 5. The number of hydrogen-bond donors (Lipinski definition) is 3. The van der Waals surface area contributed by atoms with E-state index in [1.165, 1.54) is 24.3 Å². The van der Waals surface area contributed by atoms with Crippen molar-refractivity contribution in [2.24, 2.45) is 0 Å². The molecule has 3 aromatic rings. The highest BCUT2D eigenvalue weighted by molar-refractivity contribution is 7.14. The summed E-state index contributed by atoms with van der Waals surface area (Å²) < 4.78 is 0. The molecule has 3 rings (SSSR count). The maximum atomic E-state index is 11.0. The molecule has 0 bridgehead atoms. The third-order valence-electron chi connectivity index (χ3n) is 3.37. The van der Waals surface area contributed by atoms with E-state index in [0.717, 1.165) is 16.9 Å². The molecule has 0 aliphatic rings. The Morgan fingerprint density at radius 1 is 1.08 bits per heavy atom. The van der Waals surface area contributed by atoms with Crippen LogP contribution >= 0.6 is 11.3 Å². The largest absolute Gasteiger partial charge is 0.478 e. The zero-order valence-corrected chi connectivity index (χ0v) is 14.1. The molecule has 1 amide bonds. The van der Waals surface area contributed by atoms with Crippen molar-refractivity contribution in [2.75, 3.05) is 10.6 Å². The zero-order chi connectivity index (χ0) is 17.8. The SMILES string of the molecule is CC(=O)Nc1ccc(-c2csc(Nc3cccc(C(=O)O)c3)n2)cc1. The average molecular weight is 353 g/mol. The minimum Gasteiger partial charge on any atom is -0.478 e. The standard InChI is InChI=1S/C18H15N3O3S/c1-11(22)19-14-7-5-12(6-8-14)16-10-25-18(21-16)20-15-4-2-3-13(9-15)17(23)24/h2-10H,1H3,(H,19,22)(H,20,21)(H,23,24). The summed E-state index contributed by atoms with van der Waals surface area (Å²) in [4.78, 5) is 26.6. The fraction of sp³-hybridized carbons (Fsp3) is 0.0556. The summed E-state index contributed by atoms with van der Waals surface area (Å²) in [5.74, 6) is -1.08. The van der Waals surface area contributed by atoms with Gasteiger partial charge in [-0.2, -0.15) is 0 Å². The normalized spacial score (nSPS) is 10.3. The van der Waals surface area contributed by atoms with Crippen LogP contribution < -0.4 is 10.6 Å². The Kier molecular flexibility index (Phi) is 4.76. The molecule has 6 nitrogen and oxygen atoms in total. The van der Waals surface area contributed by atoms with Crippen molar-refractivity contribution in [3.05, 3.63) is 59.5 Å². The van der Waals surface area contributed by atoms with Gasteiger partial charge in [0.15, 0.2) is 5.13 Å². The van der Waals surface area contributed by atoms with E-state index in [2.05, 4.69) is 15.6 Å². The van der Waals surface area contributed by atoms with Crippen LogP contribution in [0.2, 0.25) is 0 Å². The molecule has 7 heteroatoms. The lowest BCUT2D eigenvalue weighted by Gasteiger charge is -2.04. The van der Waals surface area contributed by atoms with Gasteiger partial charge >= 0.3 is 5.97 Å². The molecule has 1 aromatic heterocycles. The van der Waals surface area contributed by atoms with E-state index in [-0.39, 0.29) is 11.5 Å². The second-order valence-corrected chi connectivity index (χ2v) is 6.17. The van der Waals surface area contributed by atoms with Gasteiger partial charge in [-0.05, 0) is 30.3 Å². The number of thiazole rings is 1. The van der Waals surface area contributed by atoms with E-state index in [1.54, 1.807) is 18.2 Å². The number of aromatic nitrogens is 1. The monoisotopic (exact) mass is 353 g/mol. The van der Waals surface area contributed by atoms with Gasteiger partial charge in [-0.15, -0.1) is 11.3 Å². The third-order valence-corrected chi connectivity index (χ3v) is 4.12. The fourth-order valence-electron chi connectivity index (χ4n) is 2.24. The van der Waals surface area contributed by atoms with E-state index in [9.17, 15) is 9.59 Å². The Morgan fingerprint density at radius 3 is 2.52 bits per heavy atom. The van der Waals surface area contributed by atoms with Crippen LogP contribution in [0, 0.1) is 0 Å². The molecule has 1 heterocycles. The molecule has 0 fully saturated rings. The van der Waals surface area contributed by atoms with Crippen molar-refractivity contribution in [1.29, 1.82) is 0 Å². The number of anilines is 3. The van der Waals surface area contributed by atoms with Gasteiger partial charge in [-0.1, -0.05) is 18.2 Å². The van der Waals surface area contributed by atoms with Gasteiger partial charge in [0, 0.05) is 29.2 Å². The Morgan fingerprint density at radius 2 is 1.84 bits per heavy atom. The predicted octanol–water partition coefficient (Wildman–Crippen LogP) is 4.21. The molecule has 0 spiro atoms. The molecule has 126 valence electrons. The minimum atomic E-state index is -0.970. The number of aromatic carboxylic acids is 1. The van der Waals surface area contributed by atoms with Crippen LogP contribution in [0.25, 0.3) is 11.3 Å². The number of benzene rings is 2. The molecule has 0 aliphatic carbocycles. The quantitative estimate of drug-likeness (QED) is 0.639. The van der Waals surface area contributed by atoms with Crippen molar-refractivity contribution in [1.82, 2.24) is 4.98 Å². The summed E-state index contributed by atoms with van der Waals surface area (Å²) in [6, 6.07) is 14.0. The van der Waals surface area contributed by atoms with Crippen LogP contribution in [-0.4, -0.2) is 22.0 Å². The number of carbonyl (C=O) groups excluding carboxylic acids is 1. The van der Waals surface area contributed by atoms with E-state index >= 15 is 0 Å². The van der Waals surface area contributed by atoms with Crippen LogP contribution in [-0.2, 0) is 4.79 Å². The van der Waals surface area contributed by atoms with Gasteiger partial charge in [-0.3, -0.25) is 4.79 Å². The first kappa shape index (κ1) is 16.7. The van der Waals surface area contributed by atoms with Crippen molar-refractivity contribution in [3.8, 4) is 11.3 Å². The Bertz CT molecular complexity index is 919. The van der Waals surface area contributed by atoms with Crippen molar-refractivity contribution < 1.29 is 14.7 Å². The minimum absolute atomic E-state index is 0.114. The number of nitrogens with zero attached hydrogens (tertiary/aromatic N) is 1. The van der Waals surface area contributed by atoms with Gasteiger partial charge in [0.2, 0.25) is 5.91 Å². The lowest BCUT2D eigenvalue weighted by molar-refractivity contribution is -0.114. The van der Waals surface area contributed by atoms with Crippen LogP contribution in [0.1, 0.15) is 17.3 Å². The first-order valence-corrected chi connectivity index (χ1v) is 8.33.